The van der Waals surface area contributed by atoms with E-state index in [9.17, 15) is 4.79 Å². The van der Waals surface area contributed by atoms with Gasteiger partial charge < -0.3 is 5.73 Å². The lowest BCUT2D eigenvalue weighted by molar-refractivity contribution is 0.259. The van der Waals surface area contributed by atoms with Crippen LogP contribution in [-0.4, -0.2) is 11.0 Å². The summed E-state index contributed by atoms with van der Waals surface area (Å²) in [4.78, 5) is 16.4. The minimum Gasteiger partial charge on any atom is -0.351 e. The normalized spacial score (nSPS) is 17.3. The summed E-state index contributed by atoms with van der Waals surface area (Å²) in [6.45, 7) is 0. The quantitative estimate of drug-likeness (QED) is 0.401. The Bertz CT molecular complexity index is 1460. The van der Waals surface area contributed by atoms with Crippen molar-refractivity contribution in [2.75, 3.05) is 5.32 Å². The zero-order chi connectivity index (χ0) is 21.7. The molecule has 4 heteroatoms. The second-order valence-corrected chi connectivity index (χ2v) is 8.61. The van der Waals surface area contributed by atoms with Crippen LogP contribution in [0, 0.1) is 0 Å². The Labute approximate surface area is 186 Å². The second kappa shape index (κ2) is 7.34. The van der Waals surface area contributed by atoms with Gasteiger partial charge in [0.1, 0.15) is 5.82 Å². The van der Waals surface area contributed by atoms with Gasteiger partial charge in [-0.05, 0) is 58.9 Å². The Morgan fingerprint density at radius 1 is 0.969 bits per heavy atom. The van der Waals surface area contributed by atoms with Crippen LogP contribution in [0.3, 0.4) is 0 Å². The summed E-state index contributed by atoms with van der Waals surface area (Å²) in [6.07, 6.45) is 7.54. The van der Waals surface area contributed by atoms with E-state index < -0.39 is 6.03 Å². The molecule has 3 aromatic carbocycles. The number of anilines is 1. The number of amides is 2. The average molecular weight is 418 g/mol. The summed E-state index contributed by atoms with van der Waals surface area (Å²) < 4.78 is 0. The highest BCUT2D eigenvalue weighted by atomic mass is 16.2. The Balaban J connectivity index is 1.42. The molecule has 4 nitrogen and oxygen atoms in total. The summed E-state index contributed by atoms with van der Waals surface area (Å²) in [5.74, 6) is 0.701. The van der Waals surface area contributed by atoms with Crippen molar-refractivity contribution in [1.29, 1.82) is 0 Å². The van der Waals surface area contributed by atoms with E-state index in [1.165, 1.54) is 33.0 Å². The highest BCUT2D eigenvalue weighted by Crippen LogP contribution is 2.44. The van der Waals surface area contributed by atoms with E-state index in [-0.39, 0.29) is 5.92 Å². The molecule has 0 radical (unpaired) electrons. The topological polar surface area (TPSA) is 68.0 Å². The SMILES string of the molecule is NC(=O)Nc1nc2ccccc2cc1C1C=CC2=C(CCc3c2ccc2ccccc32)C1. The highest BCUT2D eigenvalue weighted by Gasteiger charge is 2.26. The van der Waals surface area contributed by atoms with Gasteiger partial charge in [-0.1, -0.05) is 72.3 Å². The van der Waals surface area contributed by atoms with Gasteiger partial charge in [-0.15, -0.1) is 0 Å². The molecule has 1 aromatic heterocycles. The molecule has 1 heterocycles. The largest absolute Gasteiger partial charge is 0.351 e. The first-order chi connectivity index (χ1) is 15.7. The number of nitrogens with two attached hydrogens (primary N) is 1. The zero-order valence-electron chi connectivity index (χ0n) is 17.6. The first kappa shape index (κ1) is 18.8. The molecule has 0 aliphatic heterocycles. The molecule has 2 aliphatic rings. The minimum atomic E-state index is -0.591. The van der Waals surface area contributed by atoms with Crippen molar-refractivity contribution in [3.05, 3.63) is 101 Å². The number of aryl methyl sites for hydroxylation is 1. The van der Waals surface area contributed by atoms with E-state index >= 15 is 0 Å². The molecule has 6 rings (SSSR count). The van der Waals surface area contributed by atoms with Crippen molar-refractivity contribution in [1.82, 2.24) is 4.98 Å². The van der Waals surface area contributed by atoms with Gasteiger partial charge in [0.15, 0.2) is 0 Å². The molecule has 0 fully saturated rings. The van der Waals surface area contributed by atoms with E-state index in [1.54, 1.807) is 0 Å². The number of para-hydroxylation sites is 1. The number of carbonyl (C=O) groups is 1. The lowest BCUT2D eigenvalue weighted by Crippen LogP contribution is -2.22. The average Bonchev–Trinajstić information content (AvgIpc) is 2.82. The number of primary amides is 1. The maximum absolute atomic E-state index is 11.7. The maximum Gasteiger partial charge on any atom is 0.317 e. The number of hydrogen-bond donors (Lipinski definition) is 2. The van der Waals surface area contributed by atoms with Crippen LogP contribution in [-0.2, 0) is 6.42 Å². The molecule has 0 spiro atoms. The Morgan fingerprint density at radius 3 is 2.66 bits per heavy atom. The Morgan fingerprint density at radius 2 is 1.78 bits per heavy atom. The molecule has 2 amide bonds. The monoisotopic (exact) mass is 417 g/mol. The molecule has 32 heavy (non-hydrogen) atoms. The third-order valence-corrected chi connectivity index (χ3v) is 6.74. The summed E-state index contributed by atoms with van der Waals surface area (Å²) in [5, 5.41) is 6.47. The molecular weight excluding hydrogens is 394 g/mol. The van der Waals surface area contributed by atoms with Crippen LogP contribution < -0.4 is 11.1 Å². The van der Waals surface area contributed by atoms with Crippen molar-refractivity contribution in [3.8, 4) is 0 Å². The van der Waals surface area contributed by atoms with Crippen LogP contribution in [0.25, 0.3) is 27.2 Å². The molecule has 0 bridgehead atoms. The van der Waals surface area contributed by atoms with Crippen LogP contribution in [0.1, 0.15) is 35.4 Å². The fourth-order valence-corrected chi connectivity index (χ4v) is 5.27. The first-order valence-electron chi connectivity index (χ1n) is 11.0. The predicted octanol–water partition coefficient (Wildman–Crippen LogP) is 6.32. The van der Waals surface area contributed by atoms with Gasteiger partial charge in [0.25, 0.3) is 0 Å². The molecule has 3 N–H and O–H groups in total. The molecule has 0 saturated heterocycles. The van der Waals surface area contributed by atoms with Crippen LogP contribution >= 0.6 is 0 Å². The number of urea groups is 1. The third kappa shape index (κ3) is 3.07. The highest BCUT2D eigenvalue weighted by molar-refractivity contribution is 5.94. The van der Waals surface area contributed by atoms with E-state index in [0.717, 1.165) is 35.7 Å². The predicted molar refractivity (Wildman–Crippen MR) is 131 cm³/mol. The van der Waals surface area contributed by atoms with Gasteiger partial charge in [0.2, 0.25) is 0 Å². The number of nitrogens with zero attached hydrogens (tertiary/aromatic N) is 1. The third-order valence-electron chi connectivity index (χ3n) is 6.74. The van der Waals surface area contributed by atoms with Gasteiger partial charge in [-0.25, -0.2) is 9.78 Å². The van der Waals surface area contributed by atoms with E-state index in [1.807, 2.05) is 18.2 Å². The van der Waals surface area contributed by atoms with Gasteiger partial charge in [0.05, 0.1) is 5.52 Å². The number of hydrogen-bond acceptors (Lipinski definition) is 2. The molecule has 4 aromatic rings. The lowest BCUT2D eigenvalue weighted by Gasteiger charge is -2.29. The van der Waals surface area contributed by atoms with Crippen molar-refractivity contribution in [2.24, 2.45) is 5.73 Å². The summed E-state index contributed by atoms with van der Waals surface area (Å²) in [7, 11) is 0. The van der Waals surface area contributed by atoms with E-state index in [0.29, 0.717) is 5.82 Å². The summed E-state index contributed by atoms with van der Waals surface area (Å²) in [5.41, 5.74) is 12.9. The molecule has 1 atom stereocenters. The van der Waals surface area contributed by atoms with Gasteiger partial charge in [-0.2, -0.15) is 0 Å². The molecule has 156 valence electrons. The fraction of sp³-hybridized carbons (Fsp3) is 0.143. The van der Waals surface area contributed by atoms with Crippen LogP contribution in [0.5, 0.6) is 0 Å². The molecule has 0 saturated carbocycles. The first-order valence-corrected chi connectivity index (χ1v) is 11.0. The lowest BCUT2D eigenvalue weighted by atomic mass is 9.75. The number of aromatic nitrogens is 1. The van der Waals surface area contributed by atoms with E-state index in [2.05, 4.69) is 66.0 Å². The van der Waals surface area contributed by atoms with Crippen LogP contribution in [0.15, 0.2) is 84.5 Å². The summed E-state index contributed by atoms with van der Waals surface area (Å²) >= 11 is 0. The van der Waals surface area contributed by atoms with Gasteiger partial charge in [0, 0.05) is 16.9 Å². The van der Waals surface area contributed by atoms with Crippen molar-refractivity contribution in [2.45, 2.75) is 25.2 Å². The second-order valence-electron chi connectivity index (χ2n) is 8.61. The van der Waals surface area contributed by atoms with Crippen molar-refractivity contribution in [3.63, 3.8) is 0 Å². The number of rotatable bonds is 2. The fourth-order valence-electron chi connectivity index (χ4n) is 5.27. The van der Waals surface area contributed by atoms with E-state index in [4.69, 9.17) is 10.7 Å². The van der Waals surface area contributed by atoms with Crippen LogP contribution in [0.2, 0.25) is 0 Å². The van der Waals surface area contributed by atoms with Gasteiger partial charge >= 0.3 is 6.03 Å². The molecule has 1 unspecified atom stereocenters. The molecular formula is C28H23N3O. The number of fused-ring (bicyclic) bond motifs is 5. The maximum atomic E-state index is 11.7. The van der Waals surface area contributed by atoms with Crippen molar-refractivity contribution < 1.29 is 4.79 Å². The molecule has 2 aliphatic carbocycles. The number of allylic oxidation sites excluding steroid dienone is 4. The van der Waals surface area contributed by atoms with Crippen LogP contribution in [0.4, 0.5) is 10.6 Å². The number of benzene rings is 3. The minimum absolute atomic E-state index is 0.148. The zero-order valence-corrected chi connectivity index (χ0v) is 17.6. The van der Waals surface area contributed by atoms with Gasteiger partial charge in [-0.3, -0.25) is 5.32 Å². The Kier molecular flexibility index (Phi) is 4.32. The smallest absolute Gasteiger partial charge is 0.317 e. The number of pyridine rings is 1. The summed E-state index contributed by atoms with van der Waals surface area (Å²) in [6, 6.07) is 22.7. The van der Waals surface area contributed by atoms with Crippen molar-refractivity contribution >= 4 is 39.1 Å². The number of carbonyl (C=O) groups excluding carboxylic acids is 1. The Hall–Kier alpha value is -3.92. The standard InChI is InChI=1S/C28H23N3O/c29-28(32)31-27-25(16-20-6-2-4-8-26(20)30-27)19-10-12-22-18(15-19)11-14-23-21-7-3-1-5-17(21)9-13-24(22)23/h1-10,12-13,16,19H,11,14-15H2,(H3,29,30,31,32). The number of nitrogens with one attached hydrogen (secondary N) is 1.